The van der Waals surface area contributed by atoms with Gasteiger partial charge in [0.1, 0.15) is 13.5 Å². The number of aromatic nitrogens is 3. The van der Waals surface area contributed by atoms with E-state index >= 15 is 0 Å². The first-order chi connectivity index (χ1) is 10.6. The summed E-state index contributed by atoms with van der Waals surface area (Å²) in [7, 11) is 0. The van der Waals surface area contributed by atoms with E-state index in [1.165, 1.54) is 6.08 Å². The third kappa shape index (κ3) is 6.02. The van der Waals surface area contributed by atoms with E-state index in [2.05, 4.69) is 26.8 Å². The lowest BCUT2D eigenvalue weighted by Crippen LogP contribution is -2.33. The van der Waals surface area contributed by atoms with Crippen molar-refractivity contribution < 1.29 is 14.3 Å². The van der Waals surface area contributed by atoms with Crippen LogP contribution in [0.2, 0.25) is 0 Å². The first kappa shape index (κ1) is 17.8. The highest BCUT2D eigenvalue weighted by atomic mass is 16.5. The molecular weight excluding hydrogens is 288 g/mol. The van der Waals surface area contributed by atoms with E-state index in [4.69, 9.17) is 15.2 Å². The predicted octanol–water partition coefficient (Wildman–Crippen LogP) is 0.415. The molecule has 0 saturated heterocycles. The van der Waals surface area contributed by atoms with Gasteiger partial charge in [-0.2, -0.15) is 15.0 Å². The molecule has 0 bridgehead atoms. The van der Waals surface area contributed by atoms with E-state index in [-0.39, 0.29) is 43.6 Å². The molecule has 9 nitrogen and oxygen atoms in total. The van der Waals surface area contributed by atoms with Gasteiger partial charge in [0, 0.05) is 13.2 Å². The Balaban J connectivity index is 2.90. The van der Waals surface area contributed by atoms with Crippen LogP contribution in [-0.2, 0) is 14.3 Å². The zero-order chi connectivity index (χ0) is 16.4. The Labute approximate surface area is 129 Å². The Hall–Kier alpha value is -2.26. The summed E-state index contributed by atoms with van der Waals surface area (Å²) in [5, 5.41) is 2.87. The van der Waals surface area contributed by atoms with Crippen molar-refractivity contribution in [2.24, 2.45) is 0 Å². The fraction of sp³-hybridized carbons (Fsp3) is 0.538. The van der Waals surface area contributed by atoms with Crippen LogP contribution >= 0.6 is 0 Å². The van der Waals surface area contributed by atoms with E-state index in [0.29, 0.717) is 13.2 Å². The summed E-state index contributed by atoms with van der Waals surface area (Å²) >= 11 is 0. The molecule has 22 heavy (non-hydrogen) atoms. The quantitative estimate of drug-likeness (QED) is 0.340. The smallest absolute Gasteiger partial charge is 0.234 e. The number of nitrogen functional groups attached to an aromatic ring is 1. The van der Waals surface area contributed by atoms with Crippen molar-refractivity contribution >= 4 is 23.6 Å². The third-order valence-electron chi connectivity index (χ3n) is 2.49. The van der Waals surface area contributed by atoms with Crippen molar-refractivity contribution in [3.05, 3.63) is 12.7 Å². The minimum atomic E-state index is -0.178. The summed E-state index contributed by atoms with van der Waals surface area (Å²) in [4.78, 5) is 25.3. The van der Waals surface area contributed by atoms with Crippen LogP contribution in [0, 0.1) is 0 Å². The molecule has 0 radical (unpaired) electrons. The first-order valence-electron chi connectivity index (χ1n) is 6.91. The van der Waals surface area contributed by atoms with Crippen molar-refractivity contribution in [1.29, 1.82) is 0 Å². The SMILES string of the molecule is C=CC(=O)CN(COCC)c1nc(N)nc(NCOCC)n1. The minimum absolute atomic E-state index is 0.0385. The molecule has 0 spiro atoms. The maximum Gasteiger partial charge on any atom is 0.234 e. The number of nitrogens with one attached hydrogen (secondary N) is 1. The van der Waals surface area contributed by atoms with Crippen molar-refractivity contribution in [1.82, 2.24) is 15.0 Å². The van der Waals surface area contributed by atoms with Gasteiger partial charge in [-0.15, -0.1) is 0 Å². The van der Waals surface area contributed by atoms with E-state index in [9.17, 15) is 4.79 Å². The monoisotopic (exact) mass is 310 g/mol. The van der Waals surface area contributed by atoms with Crippen LogP contribution in [-0.4, -0.2) is 54.0 Å². The molecule has 0 amide bonds. The molecule has 0 aliphatic carbocycles. The van der Waals surface area contributed by atoms with Gasteiger partial charge in [0.15, 0.2) is 5.78 Å². The number of hydrogen-bond acceptors (Lipinski definition) is 9. The van der Waals surface area contributed by atoms with Gasteiger partial charge < -0.3 is 25.4 Å². The predicted molar refractivity (Wildman–Crippen MR) is 83.4 cm³/mol. The normalized spacial score (nSPS) is 10.3. The Morgan fingerprint density at radius 3 is 2.68 bits per heavy atom. The maximum absolute atomic E-state index is 11.6. The lowest BCUT2D eigenvalue weighted by atomic mass is 10.4. The summed E-state index contributed by atoms with van der Waals surface area (Å²) in [6.45, 7) is 8.67. The van der Waals surface area contributed by atoms with Crippen LogP contribution in [0.1, 0.15) is 13.8 Å². The number of carbonyl (C=O) groups excluding carboxylic acids is 1. The summed E-state index contributed by atoms with van der Waals surface area (Å²) in [5.41, 5.74) is 5.68. The van der Waals surface area contributed by atoms with Crippen molar-refractivity contribution in [2.75, 3.05) is 49.2 Å². The first-order valence-corrected chi connectivity index (χ1v) is 6.91. The highest BCUT2D eigenvalue weighted by Gasteiger charge is 2.15. The molecule has 0 aliphatic heterocycles. The van der Waals surface area contributed by atoms with E-state index in [1.54, 1.807) is 4.90 Å². The number of nitrogens with zero attached hydrogens (tertiary/aromatic N) is 4. The minimum Gasteiger partial charge on any atom is -0.368 e. The molecule has 3 N–H and O–H groups in total. The largest absolute Gasteiger partial charge is 0.368 e. The second-order valence-electron chi connectivity index (χ2n) is 4.12. The molecule has 1 heterocycles. The molecule has 1 aromatic rings. The van der Waals surface area contributed by atoms with Crippen molar-refractivity contribution in [3.8, 4) is 0 Å². The van der Waals surface area contributed by atoms with Crippen molar-refractivity contribution in [2.45, 2.75) is 13.8 Å². The Kier molecular flexibility index (Phi) is 7.79. The number of anilines is 3. The second kappa shape index (κ2) is 9.64. The molecule has 9 heteroatoms. The molecule has 1 aromatic heterocycles. The van der Waals surface area contributed by atoms with Crippen LogP contribution in [0.3, 0.4) is 0 Å². The standard InChI is InChI=1S/C13H22N6O3/c1-4-10(20)7-19(9-22-6-3)13-17-11(14)16-12(18-13)15-8-21-5-2/h4H,1,5-9H2,2-3H3,(H3,14,15,16,17,18). The number of rotatable bonds is 11. The Morgan fingerprint density at radius 2 is 2.05 bits per heavy atom. The molecule has 0 unspecified atom stereocenters. The second-order valence-corrected chi connectivity index (χ2v) is 4.12. The average molecular weight is 310 g/mol. The molecule has 122 valence electrons. The average Bonchev–Trinajstić information content (AvgIpc) is 2.50. The summed E-state index contributed by atoms with van der Waals surface area (Å²) in [6.07, 6.45) is 1.23. The Bertz CT molecular complexity index is 497. The lowest BCUT2D eigenvalue weighted by molar-refractivity contribution is -0.113. The van der Waals surface area contributed by atoms with Crippen LogP contribution in [0.4, 0.5) is 17.8 Å². The highest BCUT2D eigenvalue weighted by Crippen LogP contribution is 2.12. The van der Waals surface area contributed by atoms with E-state index in [0.717, 1.165) is 0 Å². The van der Waals surface area contributed by atoms with E-state index in [1.807, 2.05) is 13.8 Å². The van der Waals surface area contributed by atoms with Gasteiger partial charge in [0.25, 0.3) is 0 Å². The van der Waals surface area contributed by atoms with Gasteiger partial charge in [0.05, 0.1) is 6.54 Å². The van der Waals surface area contributed by atoms with Crippen LogP contribution < -0.4 is 16.0 Å². The van der Waals surface area contributed by atoms with Crippen LogP contribution in [0.15, 0.2) is 12.7 Å². The molecule has 0 fully saturated rings. The molecule has 0 atom stereocenters. The fourth-order valence-electron chi connectivity index (χ4n) is 1.45. The topological polar surface area (TPSA) is 115 Å². The maximum atomic E-state index is 11.6. The molecule has 0 saturated carbocycles. The number of hydrogen-bond donors (Lipinski definition) is 2. The summed E-state index contributed by atoms with van der Waals surface area (Å²) in [6, 6.07) is 0. The van der Waals surface area contributed by atoms with Crippen LogP contribution in [0.5, 0.6) is 0 Å². The fourth-order valence-corrected chi connectivity index (χ4v) is 1.45. The molecular formula is C13H22N6O3. The van der Waals surface area contributed by atoms with Crippen molar-refractivity contribution in [3.63, 3.8) is 0 Å². The number of carbonyl (C=O) groups is 1. The third-order valence-corrected chi connectivity index (χ3v) is 2.49. The van der Waals surface area contributed by atoms with Gasteiger partial charge in [-0.1, -0.05) is 6.58 Å². The van der Waals surface area contributed by atoms with Gasteiger partial charge in [-0.05, 0) is 19.9 Å². The zero-order valence-corrected chi connectivity index (χ0v) is 12.9. The lowest BCUT2D eigenvalue weighted by Gasteiger charge is -2.21. The van der Waals surface area contributed by atoms with Gasteiger partial charge in [-0.25, -0.2) is 0 Å². The Morgan fingerprint density at radius 1 is 1.32 bits per heavy atom. The van der Waals surface area contributed by atoms with Gasteiger partial charge in [-0.3, -0.25) is 4.79 Å². The summed E-state index contributed by atoms with van der Waals surface area (Å²) in [5.74, 6) is 0.373. The van der Waals surface area contributed by atoms with E-state index < -0.39 is 0 Å². The zero-order valence-electron chi connectivity index (χ0n) is 12.9. The number of ether oxygens (including phenoxy) is 2. The molecule has 0 aliphatic rings. The van der Waals surface area contributed by atoms with Gasteiger partial charge >= 0.3 is 0 Å². The van der Waals surface area contributed by atoms with Gasteiger partial charge in [0.2, 0.25) is 17.8 Å². The highest BCUT2D eigenvalue weighted by molar-refractivity contribution is 5.92. The van der Waals surface area contributed by atoms with Crippen LogP contribution in [0.25, 0.3) is 0 Å². The number of ketones is 1. The molecule has 1 rings (SSSR count). The number of nitrogens with two attached hydrogens (primary N) is 1. The summed E-state index contributed by atoms with van der Waals surface area (Å²) < 4.78 is 10.5. The molecule has 0 aromatic carbocycles.